The molecular weight excluding hydrogens is 236 g/mol. The zero-order valence-electron chi connectivity index (χ0n) is 12.4. The van der Waals surface area contributed by atoms with Gasteiger partial charge in [0.15, 0.2) is 0 Å². The van der Waals surface area contributed by atoms with Gasteiger partial charge in [0.05, 0.1) is 0 Å². The van der Waals surface area contributed by atoms with E-state index in [1.165, 1.54) is 25.7 Å². The van der Waals surface area contributed by atoms with Crippen LogP contribution in [0.15, 0.2) is 6.07 Å². The third-order valence-corrected chi connectivity index (χ3v) is 3.52. The largest absolute Gasteiger partial charge is 0.373 e. The van der Waals surface area contributed by atoms with Crippen LogP contribution in [0.25, 0.3) is 0 Å². The first kappa shape index (κ1) is 14.1. The standard InChI is InChI=1S/C15H26N4/c1-4-6-10-19(12-8-9-12)15-11-14(16-3)17-13(18-15)7-5-2/h11-12H,4-10H2,1-3H3,(H,16,17,18). The van der Waals surface area contributed by atoms with Gasteiger partial charge in [-0.25, -0.2) is 9.97 Å². The van der Waals surface area contributed by atoms with Gasteiger partial charge in [-0.1, -0.05) is 20.3 Å². The van der Waals surface area contributed by atoms with Crippen molar-refractivity contribution in [2.24, 2.45) is 0 Å². The molecule has 1 N–H and O–H groups in total. The number of anilines is 2. The van der Waals surface area contributed by atoms with E-state index in [0.717, 1.165) is 36.8 Å². The molecule has 106 valence electrons. The van der Waals surface area contributed by atoms with E-state index in [-0.39, 0.29) is 0 Å². The van der Waals surface area contributed by atoms with E-state index in [0.29, 0.717) is 6.04 Å². The van der Waals surface area contributed by atoms with E-state index in [1.807, 2.05) is 7.05 Å². The van der Waals surface area contributed by atoms with Crippen molar-refractivity contribution in [3.05, 3.63) is 11.9 Å². The Labute approximate surface area is 116 Å². The van der Waals surface area contributed by atoms with Crippen LogP contribution in [0.5, 0.6) is 0 Å². The van der Waals surface area contributed by atoms with Gasteiger partial charge in [0.1, 0.15) is 17.5 Å². The van der Waals surface area contributed by atoms with Crippen LogP contribution in [-0.4, -0.2) is 29.6 Å². The van der Waals surface area contributed by atoms with E-state index in [4.69, 9.17) is 4.98 Å². The molecule has 0 unspecified atom stereocenters. The maximum atomic E-state index is 4.76. The second-order valence-electron chi connectivity index (χ2n) is 5.31. The highest BCUT2D eigenvalue weighted by Gasteiger charge is 2.30. The number of nitrogens with one attached hydrogen (secondary N) is 1. The molecule has 1 fully saturated rings. The monoisotopic (exact) mass is 262 g/mol. The van der Waals surface area contributed by atoms with Crippen molar-refractivity contribution in [3.8, 4) is 0 Å². The summed E-state index contributed by atoms with van der Waals surface area (Å²) in [6.45, 7) is 5.53. The zero-order chi connectivity index (χ0) is 13.7. The van der Waals surface area contributed by atoms with Gasteiger partial charge in [0, 0.05) is 32.1 Å². The molecule has 0 spiro atoms. The molecule has 1 saturated carbocycles. The van der Waals surface area contributed by atoms with Crippen LogP contribution in [-0.2, 0) is 6.42 Å². The molecule has 4 nitrogen and oxygen atoms in total. The van der Waals surface area contributed by atoms with Crippen LogP contribution < -0.4 is 10.2 Å². The third kappa shape index (κ3) is 3.82. The van der Waals surface area contributed by atoms with Gasteiger partial charge < -0.3 is 10.2 Å². The number of aromatic nitrogens is 2. The Hall–Kier alpha value is -1.32. The molecule has 1 heterocycles. The predicted molar refractivity (Wildman–Crippen MR) is 80.8 cm³/mol. The lowest BCUT2D eigenvalue weighted by atomic mass is 10.3. The summed E-state index contributed by atoms with van der Waals surface area (Å²) >= 11 is 0. The van der Waals surface area contributed by atoms with Crippen molar-refractivity contribution in [2.75, 3.05) is 23.8 Å². The van der Waals surface area contributed by atoms with Gasteiger partial charge >= 0.3 is 0 Å². The van der Waals surface area contributed by atoms with Crippen molar-refractivity contribution in [2.45, 2.75) is 58.4 Å². The van der Waals surface area contributed by atoms with Crippen LogP contribution in [0.2, 0.25) is 0 Å². The molecule has 1 aromatic rings. The average Bonchev–Trinajstić information content (AvgIpc) is 3.24. The molecule has 1 aliphatic carbocycles. The number of rotatable bonds is 8. The minimum Gasteiger partial charge on any atom is -0.373 e. The molecule has 0 amide bonds. The van der Waals surface area contributed by atoms with Crippen LogP contribution in [0, 0.1) is 0 Å². The fourth-order valence-electron chi connectivity index (χ4n) is 2.29. The Kier molecular flexibility index (Phi) is 5.00. The quantitative estimate of drug-likeness (QED) is 0.781. The molecule has 0 bridgehead atoms. The number of unbranched alkanes of at least 4 members (excludes halogenated alkanes) is 1. The van der Waals surface area contributed by atoms with E-state index in [1.54, 1.807) is 0 Å². The number of nitrogens with zero attached hydrogens (tertiary/aromatic N) is 3. The summed E-state index contributed by atoms with van der Waals surface area (Å²) < 4.78 is 0. The Balaban J connectivity index is 2.21. The molecule has 0 saturated heterocycles. The van der Waals surface area contributed by atoms with E-state index in [9.17, 15) is 0 Å². The summed E-state index contributed by atoms with van der Waals surface area (Å²) in [6, 6.07) is 2.80. The summed E-state index contributed by atoms with van der Waals surface area (Å²) in [5, 5.41) is 3.16. The molecular formula is C15H26N4. The van der Waals surface area contributed by atoms with Gasteiger partial charge in [-0.2, -0.15) is 0 Å². The fraction of sp³-hybridized carbons (Fsp3) is 0.733. The molecule has 1 aliphatic rings. The smallest absolute Gasteiger partial charge is 0.134 e. The maximum absolute atomic E-state index is 4.76. The molecule has 0 radical (unpaired) electrons. The van der Waals surface area contributed by atoms with Gasteiger partial charge in [0.25, 0.3) is 0 Å². The SMILES string of the molecule is CCCCN(c1cc(NC)nc(CCC)n1)C1CC1. The summed E-state index contributed by atoms with van der Waals surface area (Å²) in [4.78, 5) is 11.8. The molecule has 1 aromatic heterocycles. The topological polar surface area (TPSA) is 41.0 Å². The second-order valence-corrected chi connectivity index (χ2v) is 5.31. The Morgan fingerprint density at radius 1 is 1.26 bits per heavy atom. The number of hydrogen-bond acceptors (Lipinski definition) is 4. The van der Waals surface area contributed by atoms with Crippen molar-refractivity contribution in [3.63, 3.8) is 0 Å². The maximum Gasteiger partial charge on any atom is 0.134 e. The minimum absolute atomic E-state index is 0.709. The van der Waals surface area contributed by atoms with E-state index in [2.05, 4.69) is 35.1 Å². The molecule has 0 aromatic carbocycles. The summed E-state index contributed by atoms with van der Waals surface area (Å²) in [6.07, 6.45) is 7.13. The predicted octanol–water partition coefficient (Wildman–Crippen LogP) is 3.24. The molecule has 2 rings (SSSR count). The molecule has 0 aliphatic heterocycles. The van der Waals surface area contributed by atoms with Gasteiger partial charge in [0.2, 0.25) is 0 Å². The first-order chi connectivity index (χ1) is 9.28. The van der Waals surface area contributed by atoms with Crippen molar-refractivity contribution < 1.29 is 0 Å². The lowest BCUT2D eigenvalue weighted by Crippen LogP contribution is -2.28. The summed E-state index contributed by atoms with van der Waals surface area (Å²) in [5.41, 5.74) is 0. The lowest BCUT2D eigenvalue weighted by Gasteiger charge is -2.24. The fourth-order valence-corrected chi connectivity index (χ4v) is 2.29. The summed E-state index contributed by atoms with van der Waals surface area (Å²) in [5.74, 6) is 3.01. The van der Waals surface area contributed by atoms with Crippen LogP contribution >= 0.6 is 0 Å². The summed E-state index contributed by atoms with van der Waals surface area (Å²) in [7, 11) is 1.93. The normalized spacial score (nSPS) is 14.5. The molecule has 4 heteroatoms. The van der Waals surface area contributed by atoms with Crippen LogP contribution in [0.4, 0.5) is 11.6 Å². The van der Waals surface area contributed by atoms with Crippen LogP contribution in [0.1, 0.15) is 51.8 Å². The molecule has 0 atom stereocenters. The Morgan fingerprint density at radius 3 is 2.63 bits per heavy atom. The van der Waals surface area contributed by atoms with Gasteiger partial charge in [-0.3, -0.25) is 0 Å². The number of aryl methyl sites for hydroxylation is 1. The van der Waals surface area contributed by atoms with Crippen molar-refractivity contribution >= 4 is 11.6 Å². The number of hydrogen-bond donors (Lipinski definition) is 1. The highest BCUT2D eigenvalue weighted by atomic mass is 15.2. The van der Waals surface area contributed by atoms with E-state index < -0.39 is 0 Å². The Morgan fingerprint density at radius 2 is 2.05 bits per heavy atom. The van der Waals surface area contributed by atoms with Crippen molar-refractivity contribution in [1.29, 1.82) is 0 Å². The van der Waals surface area contributed by atoms with Gasteiger partial charge in [-0.05, 0) is 25.7 Å². The highest BCUT2D eigenvalue weighted by molar-refractivity contribution is 5.50. The van der Waals surface area contributed by atoms with Crippen LogP contribution in [0.3, 0.4) is 0 Å². The lowest BCUT2D eigenvalue weighted by molar-refractivity contribution is 0.698. The van der Waals surface area contributed by atoms with E-state index >= 15 is 0 Å². The second kappa shape index (κ2) is 6.73. The zero-order valence-corrected chi connectivity index (χ0v) is 12.4. The van der Waals surface area contributed by atoms with Crippen molar-refractivity contribution in [1.82, 2.24) is 9.97 Å². The first-order valence-corrected chi connectivity index (χ1v) is 7.60. The van der Waals surface area contributed by atoms with Gasteiger partial charge in [-0.15, -0.1) is 0 Å². The third-order valence-electron chi connectivity index (χ3n) is 3.52. The first-order valence-electron chi connectivity index (χ1n) is 7.60. The highest BCUT2D eigenvalue weighted by Crippen LogP contribution is 2.31. The molecule has 19 heavy (non-hydrogen) atoms. The Bertz CT molecular complexity index is 401. The average molecular weight is 262 g/mol. The minimum atomic E-state index is 0.709.